The second kappa shape index (κ2) is 20.0. The predicted molar refractivity (Wildman–Crippen MR) is 121 cm³/mol. The largest absolute Gasteiger partial charge is 0.147 e. The van der Waals surface area contributed by atoms with Crippen molar-refractivity contribution in [3.8, 4) is 0 Å². The van der Waals surface area contributed by atoms with Gasteiger partial charge in [0.15, 0.2) is 0 Å². The Labute approximate surface area is 162 Å². The average Bonchev–Trinajstić information content (AvgIpc) is 2.58. The van der Waals surface area contributed by atoms with E-state index in [9.17, 15) is 0 Å². The van der Waals surface area contributed by atoms with Gasteiger partial charge in [-0.1, -0.05) is 91.9 Å². The summed E-state index contributed by atoms with van der Waals surface area (Å²) in [7, 11) is -0.612. The molecular weight excluding hydrogens is 331 g/mol. The van der Waals surface area contributed by atoms with Crippen LogP contribution in [0.5, 0.6) is 0 Å². The summed E-state index contributed by atoms with van der Waals surface area (Å²) in [4.78, 5) is 0. The third kappa shape index (κ3) is 15.0. The zero-order valence-electron chi connectivity index (χ0n) is 17.6. The highest BCUT2D eigenvalue weighted by Crippen LogP contribution is 2.61. The van der Waals surface area contributed by atoms with E-state index in [0.717, 1.165) is 0 Å². The van der Waals surface area contributed by atoms with E-state index in [1.54, 1.807) is 31.1 Å². The summed E-state index contributed by atoms with van der Waals surface area (Å²) in [5.74, 6) is 0. The van der Waals surface area contributed by atoms with Gasteiger partial charge in [0, 0.05) is 0 Å². The van der Waals surface area contributed by atoms with E-state index in [-0.39, 0.29) is 12.4 Å². The Hall–Kier alpha value is 0.720. The first-order chi connectivity index (χ1) is 11.2. The molecule has 0 aromatic rings. The molecule has 2 heteroatoms. The fourth-order valence-electron chi connectivity index (χ4n) is 3.73. The number of unbranched alkanes of at least 4 members (excludes halogenated alkanes) is 10. The Morgan fingerprint density at radius 2 is 0.667 bits per heavy atom. The van der Waals surface area contributed by atoms with Crippen LogP contribution in [0.2, 0.25) is 0 Å². The third-order valence-corrected chi connectivity index (χ3v) is 10.5. The van der Waals surface area contributed by atoms with Crippen LogP contribution in [-0.2, 0) is 0 Å². The summed E-state index contributed by atoms with van der Waals surface area (Å²) >= 11 is 0. The lowest BCUT2D eigenvalue weighted by Crippen LogP contribution is -2.13. The van der Waals surface area contributed by atoms with Gasteiger partial charge in [0.2, 0.25) is 0 Å². The molecule has 0 aromatic heterocycles. The monoisotopic (exact) mass is 379 g/mol. The van der Waals surface area contributed by atoms with Gasteiger partial charge in [-0.3, -0.25) is 0 Å². The molecule has 0 bridgehead atoms. The quantitative estimate of drug-likeness (QED) is 0.164. The van der Waals surface area contributed by atoms with Crippen LogP contribution < -0.4 is 0 Å². The molecule has 24 heavy (non-hydrogen) atoms. The van der Waals surface area contributed by atoms with Crippen molar-refractivity contribution >= 4 is 19.7 Å². The van der Waals surface area contributed by atoms with Gasteiger partial charge in [0.05, 0.1) is 0 Å². The van der Waals surface area contributed by atoms with Crippen molar-refractivity contribution < 1.29 is 0 Å². The molecule has 149 valence electrons. The third-order valence-electron chi connectivity index (χ3n) is 5.44. The lowest BCUT2D eigenvalue weighted by Gasteiger charge is -2.37. The zero-order valence-corrected chi connectivity index (χ0v) is 19.3. The summed E-state index contributed by atoms with van der Waals surface area (Å²) in [6.45, 7) is 9.45. The van der Waals surface area contributed by atoms with Crippen LogP contribution in [0, 0.1) is 0 Å². The molecule has 0 N–H and O–H groups in total. The van der Waals surface area contributed by atoms with E-state index >= 15 is 0 Å². The van der Waals surface area contributed by atoms with Crippen molar-refractivity contribution in [3.05, 3.63) is 0 Å². The molecule has 0 saturated heterocycles. The van der Waals surface area contributed by atoms with E-state index in [0.29, 0.717) is 0 Å². The highest BCUT2D eigenvalue weighted by atomic mass is 35.5. The van der Waals surface area contributed by atoms with E-state index in [2.05, 4.69) is 27.7 Å². The number of halogens is 1. The van der Waals surface area contributed by atoms with Crippen LogP contribution in [0.1, 0.15) is 118 Å². The van der Waals surface area contributed by atoms with Gasteiger partial charge >= 0.3 is 0 Å². The van der Waals surface area contributed by atoms with E-state index in [4.69, 9.17) is 0 Å². The smallest absolute Gasteiger partial charge is 0.0359 e. The van der Waals surface area contributed by atoms with E-state index in [1.807, 2.05) is 0 Å². The van der Waals surface area contributed by atoms with Crippen molar-refractivity contribution in [3.63, 3.8) is 0 Å². The first kappa shape index (κ1) is 26.9. The van der Waals surface area contributed by atoms with E-state index in [1.165, 1.54) is 83.5 Å². The minimum absolute atomic E-state index is 0. The van der Waals surface area contributed by atoms with Crippen LogP contribution in [0.3, 0.4) is 0 Å². The van der Waals surface area contributed by atoms with Gasteiger partial charge in [0.25, 0.3) is 0 Å². The average molecular weight is 380 g/mol. The van der Waals surface area contributed by atoms with E-state index < -0.39 is 7.26 Å². The maximum atomic E-state index is 2.38. The van der Waals surface area contributed by atoms with Gasteiger partial charge in [-0.25, -0.2) is 0 Å². The summed E-state index contributed by atoms with van der Waals surface area (Å²) < 4.78 is 0. The Kier molecular flexibility index (Phi) is 22.5. The van der Waals surface area contributed by atoms with Gasteiger partial charge in [0.1, 0.15) is 0 Å². The van der Waals surface area contributed by atoms with Gasteiger partial charge in [-0.2, -0.15) is 0 Å². The van der Waals surface area contributed by atoms with Crippen LogP contribution in [0.15, 0.2) is 0 Å². The molecule has 0 aliphatic heterocycles. The molecule has 0 atom stereocenters. The first-order valence-electron chi connectivity index (χ1n) is 11.1. The minimum atomic E-state index is -0.612. The van der Waals surface area contributed by atoms with Crippen molar-refractivity contribution in [2.75, 3.05) is 24.6 Å². The zero-order chi connectivity index (χ0) is 17.2. The standard InChI is InChI=1S/C22H48P.ClH/c1-5-9-13-14-15-16-17-18-22-23(19-10-6-2,20-11-7-3)21-12-8-4;/h5-22H2,1-4H3;1H. The van der Waals surface area contributed by atoms with Crippen molar-refractivity contribution in [2.24, 2.45) is 0 Å². The second-order valence-corrected chi connectivity index (χ2v) is 12.2. The van der Waals surface area contributed by atoms with Crippen molar-refractivity contribution in [1.82, 2.24) is 0 Å². The Bertz CT molecular complexity index is 208. The fourth-order valence-corrected chi connectivity index (χ4v) is 8.93. The predicted octanol–water partition coefficient (Wildman–Crippen LogP) is 8.97. The molecule has 0 amide bonds. The van der Waals surface area contributed by atoms with Gasteiger partial charge < -0.3 is 0 Å². The van der Waals surface area contributed by atoms with Crippen molar-refractivity contribution in [1.29, 1.82) is 0 Å². The molecule has 1 radical (unpaired) electrons. The molecule has 0 fully saturated rings. The van der Waals surface area contributed by atoms with Crippen LogP contribution in [-0.4, -0.2) is 24.6 Å². The Morgan fingerprint density at radius 1 is 0.375 bits per heavy atom. The highest BCUT2D eigenvalue weighted by Gasteiger charge is 2.24. The summed E-state index contributed by atoms with van der Waals surface area (Å²) in [6.07, 6.45) is 27.0. The molecule has 0 rings (SSSR count). The molecule has 0 spiro atoms. The van der Waals surface area contributed by atoms with Gasteiger partial charge in [-0.15, -0.1) is 19.7 Å². The summed E-state index contributed by atoms with van der Waals surface area (Å²) in [5, 5.41) is 0. The minimum Gasteiger partial charge on any atom is -0.147 e. The molecule has 0 aliphatic carbocycles. The summed E-state index contributed by atoms with van der Waals surface area (Å²) in [6, 6.07) is 0. The van der Waals surface area contributed by atoms with Crippen molar-refractivity contribution in [2.45, 2.75) is 118 Å². The topological polar surface area (TPSA) is 0 Å². The number of hydrogen-bond acceptors (Lipinski definition) is 0. The molecular formula is C22H49ClP. The normalized spacial score (nSPS) is 11.5. The lowest BCUT2D eigenvalue weighted by atomic mass is 10.1. The fraction of sp³-hybridized carbons (Fsp3) is 1.00. The van der Waals surface area contributed by atoms with Crippen LogP contribution >= 0.6 is 19.7 Å². The molecule has 0 saturated carbocycles. The molecule has 0 unspecified atom stereocenters. The number of hydrogen-bond donors (Lipinski definition) is 0. The second-order valence-electron chi connectivity index (χ2n) is 7.77. The maximum absolute atomic E-state index is 2.38. The van der Waals surface area contributed by atoms with Gasteiger partial charge in [-0.05, 0) is 50.3 Å². The van der Waals surface area contributed by atoms with Crippen LogP contribution in [0.4, 0.5) is 0 Å². The summed E-state index contributed by atoms with van der Waals surface area (Å²) in [5.41, 5.74) is 0. The Morgan fingerprint density at radius 3 is 1.04 bits per heavy atom. The first-order valence-corrected chi connectivity index (χ1v) is 13.6. The van der Waals surface area contributed by atoms with Crippen LogP contribution in [0.25, 0.3) is 0 Å². The lowest BCUT2D eigenvalue weighted by molar-refractivity contribution is 0.585. The molecule has 0 aliphatic rings. The molecule has 0 nitrogen and oxygen atoms in total. The number of rotatable bonds is 18. The molecule has 0 heterocycles. The SMILES string of the molecule is CCCCCCCCCC[P](CCCC)(CCCC)CCCC.Cl. The maximum Gasteiger partial charge on any atom is -0.0359 e. The molecule has 0 aromatic carbocycles. The highest BCUT2D eigenvalue weighted by molar-refractivity contribution is 7.75. The Balaban J connectivity index is 0.